The first-order valence-electron chi connectivity index (χ1n) is 5.55. The summed E-state index contributed by atoms with van der Waals surface area (Å²) in [6.45, 7) is 14.4. The van der Waals surface area contributed by atoms with E-state index in [0.29, 0.717) is 5.92 Å². The van der Waals surface area contributed by atoms with Gasteiger partial charge in [0.2, 0.25) is 0 Å². The van der Waals surface area contributed by atoms with Crippen molar-refractivity contribution in [3.63, 3.8) is 0 Å². The standard InChI is InChI=1S/C11H20.C2H6/c1-5-8-9-10(4)11(6-2)7-3;1-2/h6,9,11H,2,5,7-8H2,1,3-4H3;1-2H3/b10-9+;. The van der Waals surface area contributed by atoms with Crippen LogP contribution in [0, 0.1) is 5.92 Å². The van der Waals surface area contributed by atoms with Crippen molar-refractivity contribution in [1.29, 1.82) is 0 Å². The van der Waals surface area contributed by atoms with Gasteiger partial charge in [-0.15, -0.1) is 6.58 Å². The molecule has 13 heavy (non-hydrogen) atoms. The Bertz CT molecular complexity index is 131. The van der Waals surface area contributed by atoms with Crippen molar-refractivity contribution >= 4 is 0 Å². The summed E-state index contributed by atoms with van der Waals surface area (Å²) in [5, 5.41) is 0. The second kappa shape index (κ2) is 11.5. The first kappa shape index (κ1) is 15.0. The predicted molar refractivity (Wildman–Crippen MR) is 64.0 cm³/mol. The van der Waals surface area contributed by atoms with E-state index in [2.05, 4.69) is 33.4 Å². The molecule has 0 rings (SSSR count). The van der Waals surface area contributed by atoms with Crippen molar-refractivity contribution in [3.05, 3.63) is 24.3 Å². The molecule has 0 heteroatoms. The molecule has 0 N–H and O–H groups in total. The first-order chi connectivity index (χ1) is 6.26. The molecule has 0 aromatic heterocycles. The van der Waals surface area contributed by atoms with Crippen LogP contribution in [-0.4, -0.2) is 0 Å². The highest BCUT2D eigenvalue weighted by molar-refractivity contribution is 5.08. The zero-order valence-corrected chi connectivity index (χ0v) is 10.1. The molecule has 0 spiro atoms. The molecule has 0 heterocycles. The van der Waals surface area contributed by atoms with Crippen LogP contribution >= 0.6 is 0 Å². The fourth-order valence-electron chi connectivity index (χ4n) is 1.20. The molecule has 0 amide bonds. The topological polar surface area (TPSA) is 0 Å². The second-order valence-electron chi connectivity index (χ2n) is 2.99. The molecule has 0 fully saturated rings. The zero-order chi connectivity index (χ0) is 10.7. The monoisotopic (exact) mass is 182 g/mol. The Morgan fingerprint density at radius 3 is 2.15 bits per heavy atom. The van der Waals surface area contributed by atoms with Gasteiger partial charge in [-0.05, 0) is 25.7 Å². The smallest absolute Gasteiger partial charge is 0.00314 e. The van der Waals surface area contributed by atoms with Crippen LogP contribution in [0.5, 0.6) is 0 Å². The lowest BCUT2D eigenvalue weighted by Crippen LogP contribution is -1.94. The highest BCUT2D eigenvalue weighted by atomic mass is 14.1. The van der Waals surface area contributed by atoms with E-state index in [4.69, 9.17) is 0 Å². The minimum atomic E-state index is 0.599. The quantitative estimate of drug-likeness (QED) is 0.526. The van der Waals surface area contributed by atoms with E-state index >= 15 is 0 Å². The van der Waals surface area contributed by atoms with Crippen LogP contribution in [0.2, 0.25) is 0 Å². The van der Waals surface area contributed by atoms with Crippen molar-refractivity contribution in [3.8, 4) is 0 Å². The summed E-state index contributed by atoms with van der Waals surface area (Å²) in [6.07, 6.45) is 7.99. The van der Waals surface area contributed by atoms with E-state index in [1.807, 2.05) is 19.9 Å². The van der Waals surface area contributed by atoms with Gasteiger partial charge in [0.1, 0.15) is 0 Å². The molecule has 0 saturated heterocycles. The van der Waals surface area contributed by atoms with E-state index in [0.717, 1.165) is 0 Å². The third-order valence-electron chi connectivity index (χ3n) is 2.06. The van der Waals surface area contributed by atoms with Gasteiger partial charge in [0.15, 0.2) is 0 Å². The second-order valence-corrected chi connectivity index (χ2v) is 2.99. The van der Waals surface area contributed by atoms with Gasteiger partial charge in [-0.2, -0.15) is 0 Å². The van der Waals surface area contributed by atoms with Gasteiger partial charge in [-0.3, -0.25) is 0 Å². The van der Waals surface area contributed by atoms with Crippen LogP contribution in [-0.2, 0) is 0 Å². The fourth-order valence-corrected chi connectivity index (χ4v) is 1.20. The molecule has 1 unspecified atom stereocenters. The first-order valence-corrected chi connectivity index (χ1v) is 5.55. The summed E-state index contributed by atoms with van der Waals surface area (Å²) in [5.74, 6) is 0.599. The predicted octanol–water partition coefficient (Wildman–Crippen LogP) is 4.97. The largest absolute Gasteiger partial charge is 0.102 e. The van der Waals surface area contributed by atoms with Gasteiger partial charge in [0, 0.05) is 0 Å². The van der Waals surface area contributed by atoms with Crippen molar-refractivity contribution in [2.45, 2.75) is 53.9 Å². The van der Waals surface area contributed by atoms with Crippen LogP contribution in [0.4, 0.5) is 0 Å². The molecule has 0 bridgehead atoms. The van der Waals surface area contributed by atoms with Crippen molar-refractivity contribution in [2.75, 3.05) is 0 Å². The molecule has 0 aliphatic heterocycles. The molecular weight excluding hydrogens is 156 g/mol. The molecule has 0 nitrogen and oxygen atoms in total. The molecule has 1 atom stereocenters. The van der Waals surface area contributed by atoms with Crippen molar-refractivity contribution in [1.82, 2.24) is 0 Å². The SMILES string of the molecule is C=CC(CC)/C(C)=C/CCC.CC. The Balaban J connectivity index is 0. The Morgan fingerprint density at radius 2 is 1.85 bits per heavy atom. The van der Waals surface area contributed by atoms with Crippen LogP contribution < -0.4 is 0 Å². The Hall–Kier alpha value is -0.520. The summed E-state index contributed by atoms with van der Waals surface area (Å²) < 4.78 is 0. The van der Waals surface area contributed by atoms with Gasteiger partial charge in [-0.25, -0.2) is 0 Å². The average molecular weight is 182 g/mol. The molecule has 0 aromatic rings. The van der Waals surface area contributed by atoms with E-state index in [1.165, 1.54) is 24.8 Å². The third kappa shape index (κ3) is 7.83. The molecule has 0 saturated carbocycles. The summed E-state index contributed by atoms with van der Waals surface area (Å²) in [6, 6.07) is 0. The van der Waals surface area contributed by atoms with Crippen molar-refractivity contribution < 1.29 is 0 Å². The molecule has 0 aromatic carbocycles. The highest BCUT2D eigenvalue weighted by Crippen LogP contribution is 2.16. The maximum absolute atomic E-state index is 3.82. The van der Waals surface area contributed by atoms with Gasteiger partial charge in [0.25, 0.3) is 0 Å². The maximum atomic E-state index is 3.82. The lowest BCUT2D eigenvalue weighted by atomic mass is 9.97. The number of unbranched alkanes of at least 4 members (excludes halogenated alkanes) is 1. The van der Waals surface area contributed by atoms with Crippen LogP contribution in [0.1, 0.15) is 53.9 Å². The van der Waals surface area contributed by atoms with E-state index < -0.39 is 0 Å². The Kier molecular flexibility index (Phi) is 13.2. The van der Waals surface area contributed by atoms with Gasteiger partial charge >= 0.3 is 0 Å². The summed E-state index contributed by atoms with van der Waals surface area (Å²) in [7, 11) is 0. The number of hydrogen-bond acceptors (Lipinski definition) is 0. The summed E-state index contributed by atoms with van der Waals surface area (Å²) in [4.78, 5) is 0. The van der Waals surface area contributed by atoms with Crippen LogP contribution in [0.25, 0.3) is 0 Å². The van der Waals surface area contributed by atoms with Crippen LogP contribution in [0.3, 0.4) is 0 Å². The molecule has 78 valence electrons. The van der Waals surface area contributed by atoms with Crippen molar-refractivity contribution in [2.24, 2.45) is 5.92 Å². The number of allylic oxidation sites excluding steroid dienone is 3. The highest BCUT2D eigenvalue weighted by Gasteiger charge is 2.01. The van der Waals surface area contributed by atoms with E-state index in [-0.39, 0.29) is 0 Å². The van der Waals surface area contributed by atoms with Crippen LogP contribution in [0.15, 0.2) is 24.3 Å². The molecule has 0 radical (unpaired) electrons. The summed E-state index contributed by atoms with van der Waals surface area (Å²) >= 11 is 0. The van der Waals surface area contributed by atoms with Gasteiger partial charge < -0.3 is 0 Å². The average Bonchev–Trinajstić information content (AvgIpc) is 2.19. The lowest BCUT2D eigenvalue weighted by Gasteiger charge is -2.09. The molecule has 0 aliphatic rings. The normalized spacial score (nSPS) is 12.8. The molecular formula is C13H26. The fraction of sp³-hybridized carbons (Fsp3) is 0.692. The number of hydrogen-bond donors (Lipinski definition) is 0. The number of rotatable bonds is 5. The van der Waals surface area contributed by atoms with Gasteiger partial charge in [-0.1, -0.05) is 51.8 Å². The van der Waals surface area contributed by atoms with E-state index in [1.54, 1.807) is 0 Å². The van der Waals surface area contributed by atoms with Gasteiger partial charge in [0.05, 0.1) is 0 Å². The Morgan fingerprint density at radius 1 is 1.31 bits per heavy atom. The lowest BCUT2D eigenvalue weighted by molar-refractivity contribution is 0.720. The summed E-state index contributed by atoms with van der Waals surface area (Å²) in [5.41, 5.74) is 1.48. The zero-order valence-electron chi connectivity index (χ0n) is 10.1. The minimum absolute atomic E-state index is 0.599. The minimum Gasteiger partial charge on any atom is -0.102 e. The van der Waals surface area contributed by atoms with E-state index in [9.17, 15) is 0 Å². The third-order valence-corrected chi connectivity index (χ3v) is 2.06. The molecule has 0 aliphatic carbocycles. The Labute approximate surface area is 84.7 Å². The maximum Gasteiger partial charge on any atom is -0.00314 e.